The first-order valence-corrected chi connectivity index (χ1v) is 9.12. The van der Waals surface area contributed by atoms with Crippen molar-refractivity contribution in [2.75, 3.05) is 0 Å². The average molecular weight is 342 g/mol. The maximum Gasteiger partial charge on any atom is 0.238 e. The Morgan fingerprint density at radius 1 is 1.00 bits per heavy atom. The summed E-state index contributed by atoms with van der Waals surface area (Å²) in [5.41, 5.74) is 3.62. The minimum atomic E-state index is -3.71. The predicted molar refractivity (Wildman–Crippen MR) is 89.6 cm³/mol. The van der Waals surface area contributed by atoms with Gasteiger partial charge in [-0.1, -0.05) is 24.3 Å². The molecule has 0 amide bonds. The van der Waals surface area contributed by atoms with E-state index in [9.17, 15) is 12.8 Å². The van der Waals surface area contributed by atoms with Gasteiger partial charge in [0, 0.05) is 11.0 Å². The molecule has 2 N–H and O–H groups in total. The third-order valence-electron chi connectivity index (χ3n) is 4.48. The summed E-state index contributed by atoms with van der Waals surface area (Å²) in [6.45, 7) is 0. The van der Waals surface area contributed by atoms with Gasteiger partial charge in [0.25, 0.3) is 0 Å². The lowest BCUT2D eigenvalue weighted by Gasteiger charge is -2.09. The van der Waals surface area contributed by atoms with Crippen LogP contribution >= 0.6 is 0 Å². The minimum Gasteiger partial charge on any atom is -0.253 e. The first-order valence-electron chi connectivity index (χ1n) is 7.58. The highest BCUT2D eigenvalue weighted by molar-refractivity contribution is 7.89. The minimum absolute atomic E-state index is 0.0688. The molecule has 1 aromatic heterocycles. The van der Waals surface area contributed by atoms with Crippen LogP contribution in [0.15, 0.2) is 59.6 Å². The summed E-state index contributed by atoms with van der Waals surface area (Å²) in [4.78, 5) is 4.27. The van der Waals surface area contributed by atoms with Gasteiger partial charge in [-0.2, -0.15) is 0 Å². The van der Waals surface area contributed by atoms with Crippen LogP contribution in [0.1, 0.15) is 24.1 Å². The van der Waals surface area contributed by atoms with Crippen LogP contribution in [0.2, 0.25) is 0 Å². The highest BCUT2D eigenvalue weighted by atomic mass is 32.2. The van der Waals surface area contributed by atoms with Crippen LogP contribution in [0.4, 0.5) is 4.39 Å². The van der Waals surface area contributed by atoms with Gasteiger partial charge in [0.1, 0.15) is 5.82 Å². The molecule has 122 valence electrons. The molecule has 1 spiro atoms. The van der Waals surface area contributed by atoms with Crippen molar-refractivity contribution in [1.29, 1.82) is 0 Å². The number of nitrogens with zero attached hydrogens (tertiary/aromatic N) is 1. The Morgan fingerprint density at radius 2 is 1.67 bits per heavy atom. The molecule has 2 aromatic rings. The highest BCUT2D eigenvalue weighted by Crippen LogP contribution is 2.57. The van der Waals surface area contributed by atoms with Crippen LogP contribution in [-0.4, -0.2) is 13.4 Å². The Hall–Kier alpha value is -2.31. The second-order valence-electron chi connectivity index (χ2n) is 6.28. The van der Waals surface area contributed by atoms with E-state index < -0.39 is 10.0 Å². The number of allylic oxidation sites excluding steroid dienone is 4. The number of primary sulfonamides is 1. The van der Waals surface area contributed by atoms with Crippen LogP contribution in [0.3, 0.4) is 0 Å². The average Bonchev–Trinajstić information content (AvgIpc) is 3.19. The lowest BCUT2D eigenvalue weighted by molar-refractivity contribution is 0.598. The second-order valence-corrected chi connectivity index (χ2v) is 7.84. The van der Waals surface area contributed by atoms with Gasteiger partial charge in [-0.25, -0.2) is 17.9 Å². The van der Waals surface area contributed by atoms with Gasteiger partial charge in [-0.15, -0.1) is 0 Å². The van der Waals surface area contributed by atoms with E-state index in [1.165, 1.54) is 24.4 Å². The number of nitrogens with two attached hydrogens (primary N) is 1. The molecule has 24 heavy (non-hydrogen) atoms. The van der Waals surface area contributed by atoms with Gasteiger partial charge >= 0.3 is 0 Å². The lowest BCUT2D eigenvalue weighted by Crippen LogP contribution is -2.11. The molecule has 0 radical (unpaired) electrons. The van der Waals surface area contributed by atoms with Crippen molar-refractivity contribution in [3.8, 4) is 0 Å². The molecule has 0 bridgehead atoms. The summed E-state index contributed by atoms with van der Waals surface area (Å²) >= 11 is 0. The zero-order chi connectivity index (χ0) is 16.9. The van der Waals surface area contributed by atoms with Crippen molar-refractivity contribution >= 4 is 21.2 Å². The van der Waals surface area contributed by atoms with Crippen molar-refractivity contribution in [1.82, 2.24) is 4.98 Å². The molecule has 2 aliphatic rings. The van der Waals surface area contributed by atoms with Gasteiger partial charge in [0.05, 0.1) is 16.8 Å². The number of sulfonamides is 1. The van der Waals surface area contributed by atoms with E-state index in [0.717, 1.165) is 29.6 Å². The third-order valence-corrected chi connectivity index (χ3v) is 5.41. The van der Waals surface area contributed by atoms with E-state index in [2.05, 4.69) is 17.1 Å². The monoisotopic (exact) mass is 342 g/mol. The molecule has 6 heteroatoms. The number of hydrogen-bond donors (Lipinski definition) is 1. The van der Waals surface area contributed by atoms with Crippen molar-refractivity contribution < 1.29 is 12.8 Å². The first kappa shape index (κ1) is 15.2. The van der Waals surface area contributed by atoms with E-state index in [4.69, 9.17) is 5.14 Å². The van der Waals surface area contributed by atoms with Crippen LogP contribution in [-0.2, 0) is 10.0 Å². The number of rotatable bonds is 3. The van der Waals surface area contributed by atoms with Crippen molar-refractivity contribution in [2.45, 2.75) is 17.7 Å². The molecule has 1 saturated carbocycles. The molecular formula is C18H15FN2O2S. The van der Waals surface area contributed by atoms with E-state index in [1.807, 2.05) is 0 Å². The molecule has 0 unspecified atom stereocenters. The first-order chi connectivity index (χ1) is 11.4. The Labute approximate surface area is 139 Å². The number of pyridine rings is 1. The Bertz CT molecular complexity index is 971. The topological polar surface area (TPSA) is 73.1 Å². The quantitative estimate of drug-likeness (QED) is 0.931. The van der Waals surface area contributed by atoms with Gasteiger partial charge < -0.3 is 0 Å². The normalized spacial score (nSPS) is 18.4. The van der Waals surface area contributed by atoms with Gasteiger partial charge in [-0.05, 0) is 48.2 Å². The summed E-state index contributed by atoms with van der Waals surface area (Å²) in [6.07, 6.45) is 7.73. The van der Waals surface area contributed by atoms with Crippen molar-refractivity contribution in [3.05, 3.63) is 71.8 Å². The SMILES string of the molecule is NS(=O)(=O)c1ccc(C2=CC3(C=C2c2ccc(F)cn2)CC3)cc1. The Balaban J connectivity index is 1.76. The summed E-state index contributed by atoms with van der Waals surface area (Å²) in [5.74, 6) is -0.374. The maximum atomic E-state index is 13.1. The van der Waals surface area contributed by atoms with E-state index >= 15 is 0 Å². The maximum absolute atomic E-state index is 13.1. The zero-order valence-electron chi connectivity index (χ0n) is 12.7. The van der Waals surface area contributed by atoms with Crippen LogP contribution in [0.5, 0.6) is 0 Å². The van der Waals surface area contributed by atoms with Gasteiger partial charge in [0.15, 0.2) is 0 Å². The molecular weight excluding hydrogens is 327 g/mol. The third kappa shape index (κ3) is 2.68. The van der Waals surface area contributed by atoms with Crippen LogP contribution in [0, 0.1) is 11.2 Å². The van der Waals surface area contributed by atoms with Crippen LogP contribution in [0.25, 0.3) is 11.1 Å². The zero-order valence-corrected chi connectivity index (χ0v) is 13.6. The molecule has 1 fully saturated rings. The predicted octanol–water partition coefficient (Wildman–Crippen LogP) is 3.13. The molecule has 1 aromatic carbocycles. The number of benzene rings is 1. The molecule has 4 nitrogen and oxygen atoms in total. The summed E-state index contributed by atoms with van der Waals surface area (Å²) < 4.78 is 36.0. The molecule has 0 atom stereocenters. The van der Waals surface area contributed by atoms with E-state index in [0.29, 0.717) is 5.69 Å². The second kappa shape index (κ2) is 5.09. The lowest BCUT2D eigenvalue weighted by atomic mass is 9.98. The highest BCUT2D eigenvalue weighted by Gasteiger charge is 2.43. The Kier molecular flexibility index (Phi) is 3.23. The fraction of sp³-hybridized carbons (Fsp3) is 0.167. The van der Waals surface area contributed by atoms with Crippen molar-refractivity contribution in [3.63, 3.8) is 0 Å². The molecule has 0 saturated heterocycles. The molecule has 4 rings (SSSR count). The molecule has 0 aliphatic heterocycles. The smallest absolute Gasteiger partial charge is 0.238 e. The fourth-order valence-corrected chi connectivity index (χ4v) is 3.53. The number of hydrogen-bond acceptors (Lipinski definition) is 3. The van der Waals surface area contributed by atoms with Gasteiger partial charge in [-0.3, -0.25) is 4.98 Å². The largest absolute Gasteiger partial charge is 0.253 e. The van der Waals surface area contributed by atoms with Gasteiger partial charge in [0.2, 0.25) is 10.0 Å². The molecule has 1 heterocycles. The number of aromatic nitrogens is 1. The standard InChI is InChI=1S/C18H15FN2O2S/c19-13-3-6-17(21-11-13)16-10-18(7-8-18)9-15(16)12-1-4-14(5-2-12)24(20,22)23/h1-6,9-11H,7-8H2,(H2,20,22,23). The summed E-state index contributed by atoms with van der Waals surface area (Å²) in [7, 11) is -3.71. The fourth-order valence-electron chi connectivity index (χ4n) is 3.02. The van der Waals surface area contributed by atoms with E-state index in [-0.39, 0.29) is 16.1 Å². The summed E-state index contributed by atoms with van der Waals surface area (Å²) in [6, 6.07) is 9.53. The van der Waals surface area contributed by atoms with E-state index in [1.54, 1.807) is 18.2 Å². The van der Waals surface area contributed by atoms with Crippen molar-refractivity contribution in [2.24, 2.45) is 10.6 Å². The molecule has 2 aliphatic carbocycles. The Morgan fingerprint density at radius 3 is 2.21 bits per heavy atom. The summed E-state index contributed by atoms with van der Waals surface area (Å²) in [5, 5.41) is 5.15. The van der Waals surface area contributed by atoms with Crippen LogP contribution < -0.4 is 5.14 Å². The number of halogens is 1.